The number of amides is 3. The molecule has 0 saturated carbocycles. The van der Waals surface area contributed by atoms with Crippen molar-refractivity contribution in [3.8, 4) is 0 Å². The Hall–Kier alpha value is -3.26. The van der Waals surface area contributed by atoms with Crippen LogP contribution in [0.2, 0.25) is 0 Å². The van der Waals surface area contributed by atoms with Crippen LogP contribution in [0, 0.1) is 0 Å². The summed E-state index contributed by atoms with van der Waals surface area (Å²) in [6.45, 7) is 7.04. The van der Waals surface area contributed by atoms with Crippen LogP contribution in [0.3, 0.4) is 0 Å². The summed E-state index contributed by atoms with van der Waals surface area (Å²) in [5.41, 5.74) is 2.95. The number of carbonyl (C=O) groups is 3. The molecule has 3 amide bonds. The first-order valence-electron chi connectivity index (χ1n) is 12.7. The van der Waals surface area contributed by atoms with Crippen LogP contribution in [0.15, 0.2) is 54.6 Å². The van der Waals surface area contributed by atoms with E-state index >= 15 is 0 Å². The van der Waals surface area contributed by atoms with Crippen molar-refractivity contribution in [2.75, 3.05) is 20.7 Å². The second-order valence-electron chi connectivity index (χ2n) is 10.0. The number of halogens is 1. The molecule has 7 nitrogen and oxygen atoms in total. The summed E-state index contributed by atoms with van der Waals surface area (Å²) in [6.07, 6.45) is -2.09. The highest BCUT2D eigenvalue weighted by molar-refractivity contribution is 5.93. The van der Waals surface area contributed by atoms with Crippen molar-refractivity contribution >= 4 is 17.7 Å². The van der Waals surface area contributed by atoms with Crippen molar-refractivity contribution in [3.05, 3.63) is 71.3 Å². The third-order valence-electron chi connectivity index (χ3n) is 7.18. The molecule has 0 spiro atoms. The van der Waals surface area contributed by atoms with E-state index in [9.17, 15) is 18.8 Å². The van der Waals surface area contributed by atoms with Crippen molar-refractivity contribution in [3.63, 3.8) is 0 Å². The maximum atomic E-state index is 14.7. The standard InChI is InChI=1S/C29H38FN3O4/c1-18(2)21-12-14-23(15-13-21)26(22-10-8-7-9-11-22)31-28(35)25-16-24(30)17-33(25)29(36)27(19(3)37-6)32(5)20(4)34/h7-15,18-19,24-27H,16-17H2,1-6H3,(H,31,35)/t19?,24-,25+,26+,27+/m1/s1. The number of nitrogens with zero attached hydrogens (tertiary/aromatic N) is 2. The normalized spacial score (nSPS) is 19.8. The van der Waals surface area contributed by atoms with Crippen LogP contribution in [0.5, 0.6) is 0 Å². The Kier molecular flexibility index (Phi) is 9.43. The van der Waals surface area contributed by atoms with Crippen molar-refractivity contribution in [1.82, 2.24) is 15.1 Å². The molecule has 1 heterocycles. The van der Waals surface area contributed by atoms with Crippen molar-refractivity contribution in [2.45, 2.75) is 70.4 Å². The van der Waals surface area contributed by atoms with Crippen molar-refractivity contribution in [1.29, 1.82) is 0 Å². The van der Waals surface area contributed by atoms with E-state index in [1.165, 1.54) is 36.4 Å². The average molecular weight is 512 g/mol. The largest absolute Gasteiger partial charge is 0.379 e. The number of hydrogen-bond donors (Lipinski definition) is 1. The van der Waals surface area contributed by atoms with Gasteiger partial charge >= 0.3 is 0 Å². The first-order chi connectivity index (χ1) is 17.5. The minimum atomic E-state index is -1.35. The van der Waals surface area contributed by atoms with Crippen molar-refractivity contribution in [2.24, 2.45) is 0 Å². The van der Waals surface area contributed by atoms with Gasteiger partial charge in [0.25, 0.3) is 0 Å². The highest BCUT2D eigenvalue weighted by atomic mass is 19.1. The number of methoxy groups -OCH3 is 1. The molecule has 1 aliphatic rings. The molecule has 0 aromatic heterocycles. The molecule has 8 heteroatoms. The van der Waals surface area contributed by atoms with Gasteiger partial charge in [0.2, 0.25) is 17.7 Å². The number of ether oxygens (including phenoxy) is 1. The van der Waals surface area contributed by atoms with Gasteiger partial charge in [0, 0.05) is 27.5 Å². The maximum Gasteiger partial charge on any atom is 0.248 e. The lowest BCUT2D eigenvalue weighted by molar-refractivity contribution is -0.151. The van der Waals surface area contributed by atoms with Crippen LogP contribution in [-0.4, -0.2) is 72.6 Å². The van der Waals surface area contributed by atoms with E-state index in [1.807, 2.05) is 54.6 Å². The molecule has 1 N–H and O–H groups in total. The number of hydrogen-bond acceptors (Lipinski definition) is 4. The van der Waals surface area contributed by atoms with Crippen LogP contribution in [-0.2, 0) is 19.1 Å². The minimum Gasteiger partial charge on any atom is -0.379 e. The van der Waals surface area contributed by atoms with Gasteiger partial charge < -0.3 is 19.9 Å². The molecular formula is C29H38FN3O4. The summed E-state index contributed by atoms with van der Waals surface area (Å²) in [5.74, 6) is -0.906. The van der Waals surface area contributed by atoms with E-state index in [0.717, 1.165) is 11.1 Å². The van der Waals surface area contributed by atoms with E-state index in [-0.39, 0.29) is 18.9 Å². The van der Waals surface area contributed by atoms with E-state index in [4.69, 9.17) is 4.74 Å². The molecule has 1 fully saturated rings. The van der Waals surface area contributed by atoms with Gasteiger partial charge in [-0.05, 0) is 29.5 Å². The fraction of sp³-hybridized carbons (Fsp3) is 0.483. The Morgan fingerprint density at radius 1 is 1.00 bits per heavy atom. The monoisotopic (exact) mass is 511 g/mol. The number of likely N-dealkylation sites (N-methyl/N-ethyl adjacent to an activating group) is 1. The average Bonchev–Trinajstić information content (AvgIpc) is 3.29. The second kappa shape index (κ2) is 12.3. The predicted molar refractivity (Wildman–Crippen MR) is 141 cm³/mol. The topological polar surface area (TPSA) is 79.0 Å². The molecule has 3 rings (SSSR count). The summed E-state index contributed by atoms with van der Waals surface area (Å²) in [6, 6.07) is 15.1. The van der Waals surface area contributed by atoms with E-state index in [0.29, 0.717) is 5.92 Å². The SMILES string of the molecule is COC(C)[C@@H](C(=O)N1C[C@H](F)C[C@H]1C(=O)N[C@@H](c1ccccc1)c1ccc(C(C)C)cc1)N(C)C(C)=O. The van der Waals surface area contributed by atoms with Gasteiger partial charge in [-0.25, -0.2) is 4.39 Å². The zero-order chi connectivity index (χ0) is 27.3. The Bertz CT molecular complexity index is 1080. The van der Waals surface area contributed by atoms with Gasteiger partial charge in [0.05, 0.1) is 18.7 Å². The zero-order valence-corrected chi connectivity index (χ0v) is 22.5. The van der Waals surface area contributed by atoms with Gasteiger partial charge in [-0.15, -0.1) is 0 Å². The van der Waals surface area contributed by atoms with Crippen LogP contribution in [0.4, 0.5) is 4.39 Å². The Balaban J connectivity index is 1.90. The van der Waals surface area contributed by atoms with Gasteiger partial charge in [0.1, 0.15) is 18.3 Å². The third-order valence-corrected chi connectivity index (χ3v) is 7.18. The maximum absolute atomic E-state index is 14.7. The van der Waals surface area contributed by atoms with Crippen LogP contribution in [0.25, 0.3) is 0 Å². The predicted octanol–water partition coefficient (Wildman–Crippen LogP) is 3.84. The van der Waals surface area contributed by atoms with E-state index < -0.39 is 42.2 Å². The van der Waals surface area contributed by atoms with Crippen LogP contribution >= 0.6 is 0 Å². The fourth-order valence-electron chi connectivity index (χ4n) is 4.77. The molecule has 2 aromatic carbocycles. The smallest absolute Gasteiger partial charge is 0.248 e. The van der Waals surface area contributed by atoms with Gasteiger partial charge in [0.15, 0.2) is 0 Å². The highest BCUT2D eigenvalue weighted by Crippen LogP contribution is 2.28. The van der Waals surface area contributed by atoms with E-state index in [1.54, 1.807) is 6.92 Å². The molecule has 200 valence electrons. The summed E-state index contributed by atoms with van der Waals surface area (Å²) < 4.78 is 20.0. The van der Waals surface area contributed by atoms with Crippen LogP contribution < -0.4 is 5.32 Å². The Morgan fingerprint density at radius 2 is 1.57 bits per heavy atom. The minimum absolute atomic E-state index is 0.108. The third kappa shape index (κ3) is 6.55. The summed E-state index contributed by atoms with van der Waals surface area (Å²) in [4.78, 5) is 41.8. The Morgan fingerprint density at radius 3 is 2.11 bits per heavy atom. The van der Waals surface area contributed by atoms with Gasteiger partial charge in [-0.2, -0.15) is 0 Å². The quantitative estimate of drug-likeness (QED) is 0.555. The molecular weight excluding hydrogens is 473 g/mol. The molecule has 0 radical (unpaired) electrons. The van der Waals surface area contributed by atoms with E-state index in [2.05, 4.69) is 19.2 Å². The van der Waals surface area contributed by atoms with Crippen LogP contribution in [0.1, 0.15) is 62.8 Å². The number of likely N-dealkylation sites (tertiary alicyclic amines) is 1. The molecule has 37 heavy (non-hydrogen) atoms. The number of nitrogens with one attached hydrogen (secondary N) is 1. The molecule has 1 saturated heterocycles. The summed E-state index contributed by atoms with van der Waals surface area (Å²) in [7, 11) is 2.95. The molecule has 1 unspecified atom stereocenters. The van der Waals surface area contributed by atoms with Crippen molar-refractivity contribution < 1.29 is 23.5 Å². The molecule has 1 aliphatic heterocycles. The van der Waals surface area contributed by atoms with Gasteiger partial charge in [-0.3, -0.25) is 14.4 Å². The second-order valence-corrected chi connectivity index (χ2v) is 10.0. The molecule has 0 bridgehead atoms. The highest BCUT2D eigenvalue weighted by Gasteiger charge is 2.45. The zero-order valence-electron chi connectivity index (χ0n) is 22.5. The fourth-order valence-corrected chi connectivity index (χ4v) is 4.77. The molecule has 2 aromatic rings. The molecule has 5 atom stereocenters. The molecule has 0 aliphatic carbocycles. The first-order valence-corrected chi connectivity index (χ1v) is 12.7. The lowest BCUT2D eigenvalue weighted by atomic mass is 9.95. The lowest BCUT2D eigenvalue weighted by Gasteiger charge is -2.35. The lowest BCUT2D eigenvalue weighted by Crippen LogP contribution is -2.57. The first kappa shape index (κ1) is 28.3. The Labute approximate surface area is 219 Å². The van der Waals surface area contributed by atoms with Gasteiger partial charge in [-0.1, -0.05) is 68.4 Å². The number of carbonyl (C=O) groups excluding carboxylic acids is 3. The summed E-state index contributed by atoms with van der Waals surface area (Å²) in [5, 5.41) is 3.07. The number of alkyl halides is 1. The number of benzene rings is 2. The number of rotatable bonds is 9. The summed E-state index contributed by atoms with van der Waals surface area (Å²) >= 11 is 0.